The summed E-state index contributed by atoms with van der Waals surface area (Å²) in [5.41, 5.74) is 4.47. The molecule has 4 N–H and O–H groups in total. The van der Waals surface area contributed by atoms with E-state index in [2.05, 4.69) is 15.1 Å². The molecule has 4 rings (SSSR count). The first-order chi connectivity index (χ1) is 13.8. The van der Waals surface area contributed by atoms with Gasteiger partial charge >= 0.3 is 0 Å². The predicted octanol–water partition coefficient (Wildman–Crippen LogP) is 1.96. The number of alkyl halides is 1. The number of benzene rings is 1. The fourth-order valence-corrected chi connectivity index (χ4v) is 3.59. The van der Waals surface area contributed by atoms with Crippen molar-refractivity contribution in [2.45, 2.75) is 31.0 Å². The molecule has 9 nitrogen and oxygen atoms in total. The first-order valence-corrected chi connectivity index (χ1v) is 9.25. The third-order valence-electron chi connectivity index (χ3n) is 5.05. The predicted molar refractivity (Wildman–Crippen MR) is 105 cm³/mol. The van der Waals surface area contributed by atoms with E-state index in [0.717, 1.165) is 5.01 Å². The molecule has 0 amide bonds. The van der Waals surface area contributed by atoms with Crippen LogP contribution in [0.1, 0.15) is 36.0 Å². The van der Waals surface area contributed by atoms with E-state index in [1.165, 1.54) is 17.9 Å². The molecule has 2 aromatic heterocycles. The molecule has 1 fully saturated rings. The molecule has 1 aliphatic rings. The highest BCUT2D eigenvalue weighted by molar-refractivity contribution is 6.30. The quantitative estimate of drug-likeness (QED) is 0.474. The zero-order valence-corrected chi connectivity index (χ0v) is 16.3. The minimum Gasteiger partial charge on any atom is -0.382 e. The van der Waals surface area contributed by atoms with Crippen LogP contribution in [0.3, 0.4) is 0 Å². The smallest absolute Gasteiger partial charge is 0.280 e. The van der Waals surface area contributed by atoms with Crippen molar-refractivity contribution in [1.82, 2.24) is 19.7 Å². The highest BCUT2D eigenvalue weighted by Gasteiger charge is 2.48. The molecule has 1 aliphatic carbocycles. The van der Waals surface area contributed by atoms with E-state index < -0.39 is 11.2 Å². The van der Waals surface area contributed by atoms with Crippen LogP contribution in [0.5, 0.6) is 0 Å². The number of rotatable bonds is 5. The van der Waals surface area contributed by atoms with Gasteiger partial charge in [0, 0.05) is 18.0 Å². The number of halogens is 2. The molecular weight excluding hydrogens is 401 g/mol. The molecule has 11 heteroatoms. The maximum atomic E-state index is 15.1. The Morgan fingerprint density at radius 3 is 2.72 bits per heavy atom. The van der Waals surface area contributed by atoms with E-state index in [9.17, 15) is 4.79 Å². The van der Waals surface area contributed by atoms with Gasteiger partial charge in [0.05, 0.1) is 0 Å². The van der Waals surface area contributed by atoms with E-state index in [4.69, 9.17) is 27.7 Å². The van der Waals surface area contributed by atoms with Crippen molar-refractivity contribution in [3.8, 4) is 0 Å². The molecular formula is C18H19ClFN7O2. The molecule has 2 heterocycles. The van der Waals surface area contributed by atoms with Crippen molar-refractivity contribution in [2.75, 3.05) is 17.8 Å². The van der Waals surface area contributed by atoms with Crippen LogP contribution in [0.15, 0.2) is 39.9 Å². The summed E-state index contributed by atoms with van der Waals surface area (Å²) in [4.78, 5) is 20.7. The average molecular weight is 420 g/mol. The Labute approximate surface area is 170 Å². The van der Waals surface area contributed by atoms with Gasteiger partial charge in [-0.15, -0.1) is 0 Å². The minimum atomic E-state index is -1.44. The molecule has 3 aromatic rings. The molecule has 29 heavy (non-hydrogen) atoms. The highest BCUT2D eigenvalue weighted by atomic mass is 35.5. The van der Waals surface area contributed by atoms with Crippen LogP contribution in [-0.4, -0.2) is 26.7 Å². The maximum Gasteiger partial charge on any atom is 0.280 e. The Morgan fingerprint density at radius 1 is 1.38 bits per heavy atom. The number of nitrogen functional groups attached to an aromatic ring is 1. The summed E-state index contributed by atoms with van der Waals surface area (Å²) in [5, 5.41) is 5.61. The summed E-state index contributed by atoms with van der Waals surface area (Å²) < 4.78 is 21.6. The lowest BCUT2D eigenvalue weighted by Crippen LogP contribution is -2.36. The Balaban J connectivity index is 1.47. The van der Waals surface area contributed by atoms with Gasteiger partial charge in [-0.25, -0.2) is 15.2 Å². The van der Waals surface area contributed by atoms with E-state index >= 15 is 4.39 Å². The molecule has 1 aromatic carbocycles. The van der Waals surface area contributed by atoms with Gasteiger partial charge in [-0.2, -0.15) is 4.98 Å². The van der Waals surface area contributed by atoms with Crippen molar-refractivity contribution in [3.05, 3.63) is 63.2 Å². The topological polar surface area (TPSA) is 129 Å². The van der Waals surface area contributed by atoms with Crippen molar-refractivity contribution < 1.29 is 8.91 Å². The molecule has 1 saturated carbocycles. The molecule has 0 bridgehead atoms. The maximum absolute atomic E-state index is 15.1. The number of aromatic nitrogens is 4. The number of anilines is 2. The zero-order valence-electron chi connectivity index (χ0n) is 15.5. The van der Waals surface area contributed by atoms with Crippen LogP contribution in [0, 0.1) is 0 Å². The molecule has 0 saturated heterocycles. The van der Waals surface area contributed by atoms with E-state index in [0.29, 0.717) is 16.4 Å². The Morgan fingerprint density at radius 2 is 2.07 bits per heavy atom. The van der Waals surface area contributed by atoms with Gasteiger partial charge in [0.25, 0.3) is 5.56 Å². The fourth-order valence-electron chi connectivity index (χ4n) is 3.47. The molecule has 0 atom stereocenters. The lowest BCUT2D eigenvalue weighted by Gasteiger charge is -2.40. The SMILES string of the molecule is CN(N)c1c(N)ncn(Cc2nc(C3CC(F)(c4ccc(Cl)cc4)C3)no2)c1=O. The van der Waals surface area contributed by atoms with Gasteiger partial charge in [0.1, 0.15) is 18.5 Å². The molecule has 0 aliphatic heterocycles. The number of hydrogen-bond acceptors (Lipinski definition) is 8. The Kier molecular flexibility index (Phi) is 4.75. The van der Waals surface area contributed by atoms with E-state index in [1.807, 2.05) is 0 Å². The van der Waals surface area contributed by atoms with E-state index in [-0.39, 0.29) is 42.7 Å². The average Bonchev–Trinajstić information content (AvgIpc) is 3.10. The fraction of sp³-hybridized carbons (Fsp3) is 0.333. The summed E-state index contributed by atoms with van der Waals surface area (Å²) in [6.45, 7) is 0.00459. The third kappa shape index (κ3) is 3.56. The molecule has 0 unspecified atom stereocenters. The summed E-state index contributed by atoms with van der Waals surface area (Å²) in [6, 6.07) is 6.71. The van der Waals surface area contributed by atoms with Crippen molar-refractivity contribution in [1.29, 1.82) is 0 Å². The van der Waals surface area contributed by atoms with Gasteiger partial charge in [0.2, 0.25) is 5.89 Å². The highest BCUT2D eigenvalue weighted by Crippen LogP contribution is 2.53. The standard InChI is InChI=1S/C18H19ClFN7O2/c1-26(22)14-15(21)23-9-27(17(14)28)8-13-24-16(25-29-13)10-6-18(20,7-10)11-2-4-12(19)5-3-11/h2-5,9-10H,6-8,21-22H2,1H3. The Bertz CT molecular complexity index is 1090. The van der Waals surface area contributed by atoms with Crippen LogP contribution in [0.4, 0.5) is 15.9 Å². The summed E-state index contributed by atoms with van der Waals surface area (Å²) >= 11 is 5.86. The first kappa shape index (κ1) is 19.3. The van der Waals surface area contributed by atoms with E-state index in [1.54, 1.807) is 24.3 Å². The Hall–Kier alpha value is -2.98. The number of nitrogens with zero attached hydrogens (tertiary/aromatic N) is 5. The van der Waals surface area contributed by atoms with Gasteiger partial charge in [-0.1, -0.05) is 28.9 Å². The van der Waals surface area contributed by atoms with Crippen LogP contribution in [0.25, 0.3) is 0 Å². The second-order valence-corrected chi connectivity index (χ2v) is 7.58. The van der Waals surface area contributed by atoms with Crippen LogP contribution in [-0.2, 0) is 12.2 Å². The summed E-state index contributed by atoms with van der Waals surface area (Å²) in [6.07, 6.45) is 1.78. The second kappa shape index (κ2) is 7.12. The molecule has 0 radical (unpaired) electrons. The lowest BCUT2D eigenvalue weighted by atomic mass is 9.68. The monoisotopic (exact) mass is 419 g/mol. The normalized spacial score (nSPS) is 21.0. The molecule has 152 valence electrons. The number of nitrogens with two attached hydrogens (primary N) is 2. The lowest BCUT2D eigenvalue weighted by molar-refractivity contribution is 0.0336. The van der Waals surface area contributed by atoms with Crippen molar-refractivity contribution >= 4 is 23.1 Å². The van der Waals surface area contributed by atoms with Gasteiger partial charge in [-0.3, -0.25) is 9.36 Å². The second-order valence-electron chi connectivity index (χ2n) is 7.15. The van der Waals surface area contributed by atoms with Gasteiger partial charge in [-0.05, 0) is 30.5 Å². The van der Waals surface area contributed by atoms with Crippen LogP contribution in [0.2, 0.25) is 5.02 Å². The van der Waals surface area contributed by atoms with Gasteiger partial charge < -0.3 is 15.3 Å². The van der Waals surface area contributed by atoms with Gasteiger partial charge in [0.15, 0.2) is 17.3 Å². The number of hydrazine groups is 1. The molecule has 0 spiro atoms. The first-order valence-electron chi connectivity index (χ1n) is 8.87. The minimum absolute atomic E-state index is 0.00459. The van der Waals surface area contributed by atoms with Crippen LogP contribution >= 0.6 is 11.6 Å². The summed E-state index contributed by atoms with van der Waals surface area (Å²) in [7, 11) is 1.49. The number of hydrogen-bond donors (Lipinski definition) is 2. The van der Waals surface area contributed by atoms with Crippen LogP contribution < -0.4 is 22.1 Å². The zero-order chi connectivity index (χ0) is 20.8. The summed E-state index contributed by atoms with van der Waals surface area (Å²) in [5.74, 6) is 6.12. The van der Waals surface area contributed by atoms with Crippen molar-refractivity contribution in [3.63, 3.8) is 0 Å². The van der Waals surface area contributed by atoms with Crippen molar-refractivity contribution in [2.24, 2.45) is 5.84 Å². The third-order valence-corrected chi connectivity index (χ3v) is 5.30. The largest absolute Gasteiger partial charge is 0.382 e.